The molecule has 1 aliphatic heterocycles. The number of benzene rings is 1. The lowest BCUT2D eigenvalue weighted by atomic mass is 10.2. The summed E-state index contributed by atoms with van der Waals surface area (Å²) in [5, 5.41) is 2.91. The van der Waals surface area contributed by atoms with Crippen molar-refractivity contribution in [2.45, 2.75) is 19.8 Å². The molecule has 0 bridgehead atoms. The highest BCUT2D eigenvalue weighted by molar-refractivity contribution is 5.93. The van der Waals surface area contributed by atoms with Crippen molar-refractivity contribution in [3.8, 4) is 5.75 Å². The molecule has 0 aromatic heterocycles. The van der Waals surface area contributed by atoms with E-state index in [0.29, 0.717) is 12.3 Å². The third-order valence-corrected chi connectivity index (χ3v) is 3.20. The Kier molecular flexibility index (Phi) is 4.20. The smallest absolute Gasteiger partial charge is 0.238 e. The highest BCUT2D eigenvalue weighted by Crippen LogP contribution is 2.25. The summed E-state index contributed by atoms with van der Waals surface area (Å²) in [6.45, 7) is 4.52. The molecule has 2 rings (SSSR count). The van der Waals surface area contributed by atoms with Crippen LogP contribution in [0.2, 0.25) is 0 Å². The van der Waals surface area contributed by atoms with Gasteiger partial charge in [0, 0.05) is 0 Å². The first-order chi connectivity index (χ1) is 8.69. The lowest BCUT2D eigenvalue weighted by Crippen LogP contribution is -2.30. The molecule has 1 saturated heterocycles. The molecule has 1 heterocycles. The Hall–Kier alpha value is -1.55. The van der Waals surface area contributed by atoms with E-state index in [2.05, 4.69) is 10.2 Å². The van der Waals surface area contributed by atoms with E-state index >= 15 is 0 Å². The van der Waals surface area contributed by atoms with Gasteiger partial charge in [-0.15, -0.1) is 0 Å². The van der Waals surface area contributed by atoms with E-state index < -0.39 is 0 Å². The van der Waals surface area contributed by atoms with Gasteiger partial charge in [0.15, 0.2) is 0 Å². The number of likely N-dealkylation sites (tertiary alicyclic amines) is 1. The van der Waals surface area contributed by atoms with Crippen molar-refractivity contribution in [2.75, 3.05) is 32.1 Å². The zero-order chi connectivity index (χ0) is 13.0. The zero-order valence-corrected chi connectivity index (χ0v) is 11.0. The van der Waals surface area contributed by atoms with Crippen LogP contribution in [0.5, 0.6) is 5.75 Å². The van der Waals surface area contributed by atoms with E-state index in [0.717, 1.165) is 24.3 Å². The summed E-state index contributed by atoms with van der Waals surface area (Å²) in [7, 11) is 1.62. The zero-order valence-electron chi connectivity index (χ0n) is 11.0. The number of carbonyl (C=O) groups excluding carboxylic acids is 1. The monoisotopic (exact) mass is 248 g/mol. The molecular formula is C14H20N2O2. The molecule has 98 valence electrons. The fourth-order valence-electron chi connectivity index (χ4n) is 2.24. The molecule has 0 aliphatic carbocycles. The predicted octanol–water partition coefficient (Wildman–Crippen LogP) is 2.04. The van der Waals surface area contributed by atoms with Crippen molar-refractivity contribution >= 4 is 11.6 Å². The number of rotatable bonds is 4. The predicted molar refractivity (Wildman–Crippen MR) is 72.0 cm³/mol. The normalized spacial score (nSPS) is 15.7. The molecule has 4 nitrogen and oxygen atoms in total. The van der Waals surface area contributed by atoms with Crippen molar-refractivity contribution in [1.29, 1.82) is 0 Å². The standard InChI is InChI=1S/C14H20N2O2/c1-11-5-6-12(13(9-11)18-2)15-14(17)10-16-7-3-4-8-16/h5-6,9H,3-4,7-8,10H2,1-2H3,(H,15,17). The largest absolute Gasteiger partial charge is 0.495 e. The molecule has 0 unspecified atom stereocenters. The van der Waals surface area contributed by atoms with E-state index in [1.165, 1.54) is 12.8 Å². The van der Waals surface area contributed by atoms with Crippen LogP contribution in [0.3, 0.4) is 0 Å². The van der Waals surface area contributed by atoms with Crippen molar-refractivity contribution in [1.82, 2.24) is 4.90 Å². The summed E-state index contributed by atoms with van der Waals surface area (Å²) >= 11 is 0. The Balaban J connectivity index is 1.97. The Morgan fingerprint density at radius 3 is 2.78 bits per heavy atom. The minimum Gasteiger partial charge on any atom is -0.495 e. The van der Waals surface area contributed by atoms with Crippen LogP contribution in [0.4, 0.5) is 5.69 Å². The highest BCUT2D eigenvalue weighted by atomic mass is 16.5. The first-order valence-electron chi connectivity index (χ1n) is 6.36. The topological polar surface area (TPSA) is 41.6 Å². The van der Waals surface area contributed by atoms with Crippen molar-refractivity contribution < 1.29 is 9.53 Å². The first kappa shape index (κ1) is 12.9. The third kappa shape index (κ3) is 3.23. The maximum absolute atomic E-state index is 11.9. The van der Waals surface area contributed by atoms with Crippen LogP contribution in [0.15, 0.2) is 18.2 Å². The molecule has 1 aromatic rings. The lowest BCUT2D eigenvalue weighted by molar-refractivity contribution is -0.117. The molecule has 1 amide bonds. The molecule has 0 atom stereocenters. The number of nitrogens with zero attached hydrogens (tertiary/aromatic N) is 1. The number of ether oxygens (including phenoxy) is 1. The van der Waals surface area contributed by atoms with Gasteiger partial charge in [0.25, 0.3) is 0 Å². The summed E-state index contributed by atoms with van der Waals surface area (Å²) in [6.07, 6.45) is 2.39. The molecule has 1 aliphatic rings. The van der Waals surface area contributed by atoms with Crippen LogP contribution in [-0.2, 0) is 4.79 Å². The van der Waals surface area contributed by atoms with E-state index in [1.807, 2.05) is 25.1 Å². The van der Waals surface area contributed by atoms with Gasteiger partial charge in [0.1, 0.15) is 5.75 Å². The Bertz CT molecular complexity index is 426. The van der Waals surface area contributed by atoms with Crippen LogP contribution in [0.1, 0.15) is 18.4 Å². The second-order valence-corrected chi connectivity index (χ2v) is 4.74. The summed E-state index contributed by atoms with van der Waals surface area (Å²) < 4.78 is 5.27. The van der Waals surface area contributed by atoms with Gasteiger partial charge >= 0.3 is 0 Å². The van der Waals surface area contributed by atoms with Gasteiger partial charge in [0.2, 0.25) is 5.91 Å². The number of nitrogens with one attached hydrogen (secondary N) is 1. The van der Waals surface area contributed by atoms with Gasteiger partial charge in [-0.3, -0.25) is 9.69 Å². The van der Waals surface area contributed by atoms with E-state index in [9.17, 15) is 4.79 Å². The second kappa shape index (κ2) is 5.87. The third-order valence-electron chi connectivity index (χ3n) is 3.20. The fourth-order valence-corrected chi connectivity index (χ4v) is 2.24. The molecule has 0 saturated carbocycles. The van der Waals surface area contributed by atoms with E-state index in [1.54, 1.807) is 7.11 Å². The molecule has 0 spiro atoms. The van der Waals surface area contributed by atoms with Gasteiger partial charge in [0.05, 0.1) is 19.3 Å². The maximum Gasteiger partial charge on any atom is 0.238 e. The number of amides is 1. The Morgan fingerprint density at radius 1 is 1.39 bits per heavy atom. The minimum atomic E-state index is 0.0269. The molecule has 1 fully saturated rings. The summed E-state index contributed by atoms with van der Waals surface area (Å²) in [6, 6.07) is 5.77. The molecule has 1 aromatic carbocycles. The number of anilines is 1. The molecular weight excluding hydrogens is 228 g/mol. The maximum atomic E-state index is 11.9. The fraction of sp³-hybridized carbons (Fsp3) is 0.500. The van der Waals surface area contributed by atoms with Gasteiger partial charge < -0.3 is 10.1 Å². The SMILES string of the molecule is COc1cc(C)ccc1NC(=O)CN1CCCC1. The van der Waals surface area contributed by atoms with Crippen LogP contribution in [0.25, 0.3) is 0 Å². The van der Waals surface area contributed by atoms with Crippen LogP contribution in [0, 0.1) is 6.92 Å². The van der Waals surface area contributed by atoms with E-state index in [4.69, 9.17) is 4.74 Å². The number of hydrogen-bond donors (Lipinski definition) is 1. The van der Waals surface area contributed by atoms with Crippen molar-refractivity contribution in [3.63, 3.8) is 0 Å². The molecule has 4 heteroatoms. The Morgan fingerprint density at radius 2 is 2.11 bits per heavy atom. The average Bonchev–Trinajstić information content (AvgIpc) is 2.84. The van der Waals surface area contributed by atoms with Crippen LogP contribution >= 0.6 is 0 Å². The lowest BCUT2D eigenvalue weighted by Gasteiger charge is -2.15. The number of carbonyl (C=O) groups is 1. The minimum absolute atomic E-state index is 0.0269. The quantitative estimate of drug-likeness (QED) is 0.886. The molecule has 18 heavy (non-hydrogen) atoms. The van der Waals surface area contributed by atoms with Gasteiger partial charge in [-0.25, -0.2) is 0 Å². The molecule has 0 radical (unpaired) electrons. The summed E-state index contributed by atoms with van der Waals surface area (Å²) in [5.74, 6) is 0.740. The first-order valence-corrected chi connectivity index (χ1v) is 6.36. The number of methoxy groups -OCH3 is 1. The van der Waals surface area contributed by atoms with Gasteiger partial charge in [-0.05, 0) is 50.6 Å². The number of hydrogen-bond acceptors (Lipinski definition) is 3. The molecule has 1 N–H and O–H groups in total. The highest BCUT2D eigenvalue weighted by Gasteiger charge is 2.16. The number of aryl methyl sites for hydroxylation is 1. The van der Waals surface area contributed by atoms with Gasteiger partial charge in [-0.1, -0.05) is 6.07 Å². The second-order valence-electron chi connectivity index (χ2n) is 4.74. The van der Waals surface area contributed by atoms with E-state index in [-0.39, 0.29) is 5.91 Å². The average molecular weight is 248 g/mol. The van der Waals surface area contributed by atoms with Crippen molar-refractivity contribution in [2.24, 2.45) is 0 Å². The van der Waals surface area contributed by atoms with Crippen LogP contribution < -0.4 is 10.1 Å². The Labute approximate surface area is 108 Å². The summed E-state index contributed by atoms with van der Waals surface area (Å²) in [5.41, 5.74) is 1.86. The van der Waals surface area contributed by atoms with Gasteiger partial charge in [-0.2, -0.15) is 0 Å². The van der Waals surface area contributed by atoms with Crippen LogP contribution in [-0.4, -0.2) is 37.6 Å². The van der Waals surface area contributed by atoms with Crippen molar-refractivity contribution in [3.05, 3.63) is 23.8 Å². The summed E-state index contributed by atoms with van der Waals surface area (Å²) in [4.78, 5) is 14.1.